The predicted molar refractivity (Wildman–Crippen MR) is 99.0 cm³/mol. The smallest absolute Gasteiger partial charge is 0.231 e. The van der Waals surface area contributed by atoms with Crippen LogP contribution in [-0.4, -0.2) is 56.6 Å². The highest BCUT2D eigenvalue weighted by Crippen LogP contribution is 2.16. The second kappa shape index (κ2) is 7.51. The zero-order chi connectivity index (χ0) is 17.8. The first-order valence-electron chi connectivity index (χ1n) is 9.03. The topological polar surface area (TPSA) is 66.6 Å². The third kappa shape index (κ3) is 3.51. The van der Waals surface area contributed by atoms with Gasteiger partial charge in [-0.1, -0.05) is 12.1 Å². The highest BCUT2D eigenvalue weighted by Gasteiger charge is 2.21. The molecule has 3 aromatic rings. The molecule has 1 amide bonds. The molecule has 7 heteroatoms. The summed E-state index contributed by atoms with van der Waals surface area (Å²) >= 11 is 0. The van der Waals surface area contributed by atoms with Crippen molar-refractivity contribution >= 4 is 17.5 Å². The summed E-state index contributed by atoms with van der Waals surface area (Å²) in [6, 6.07) is 9.81. The van der Waals surface area contributed by atoms with Gasteiger partial charge in [0, 0.05) is 51.2 Å². The number of carbonyl (C=O) groups is 1. The number of hydrogen-bond acceptors (Lipinski definition) is 5. The van der Waals surface area contributed by atoms with Crippen LogP contribution in [0.3, 0.4) is 0 Å². The third-order valence-corrected chi connectivity index (χ3v) is 4.78. The van der Waals surface area contributed by atoms with E-state index in [9.17, 15) is 4.79 Å². The Labute approximate surface area is 152 Å². The molecule has 0 unspecified atom stereocenters. The Hall–Kier alpha value is -2.96. The van der Waals surface area contributed by atoms with Crippen LogP contribution in [0, 0.1) is 0 Å². The molecule has 1 saturated heterocycles. The number of aromatic nitrogens is 4. The number of pyridine rings is 2. The summed E-state index contributed by atoms with van der Waals surface area (Å²) in [7, 11) is 0. The average Bonchev–Trinajstić information content (AvgIpc) is 2.96. The van der Waals surface area contributed by atoms with Gasteiger partial charge in [0.2, 0.25) is 11.9 Å². The van der Waals surface area contributed by atoms with E-state index in [-0.39, 0.29) is 5.91 Å². The van der Waals surface area contributed by atoms with E-state index in [1.807, 2.05) is 52.0 Å². The summed E-state index contributed by atoms with van der Waals surface area (Å²) in [4.78, 5) is 20.9. The molecule has 26 heavy (non-hydrogen) atoms. The van der Waals surface area contributed by atoms with E-state index in [2.05, 4.69) is 20.1 Å². The Morgan fingerprint density at radius 1 is 1.04 bits per heavy atom. The first kappa shape index (κ1) is 16.5. The van der Waals surface area contributed by atoms with Gasteiger partial charge >= 0.3 is 0 Å². The third-order valence-electron chi connectivity index (χ3n) is 4.78. The van der Waals surface area contributed by atoms with Gasteiger partial charge in [-0.2, -0.15) is 0 Å². The van der Waals surface area contributed by atoms with Gasteiger partial charge in [0.15, 0.2) is 5.65 Å². The molecule has 0 aliphatic carbocycles. The summed E-state index contributed by atoms with van der Waals surface area (Å²) in [6.45, 7) is 3.16. The predicted octanol–water partition coefficient (Wildman–Crippen LogP) is 1.80. The fraction of sp³-hybridized carbons (Fsp3) is 0.368. The molecule has 1 aliphatic rings. The maximum Gasteiger partial charge on any atom is 0.231 e. The highest BCUT2D eigenvalue weighted by molar-refractivity contribution is 5.76. The van der Waals surface area contributed by atoms with E-state index in [1.54, 1.807) is 6.20 Å². The maximum atomic E-state index is 12.6. The van der Waals surface area contributed by atoms with Crippen molar-refractivity contribution in [2.45, 2.75) is 19.3 Å². The van der Waals surface area contributed by atoms with Crippen LogP contribution in [0.15, 0.2) is 48.9 Å². The SMILES string of the molecule is O=C(CCc1cccnc1)N1CCCN(c2nnc3ccccn23)CC1. The maximum absolute atomic E-state index is 12.6. The molecule has 3 aromatic heterocycles. The minimum atomic E-state index is 0.210. The van der Waals surface area contributed by atoms with Crippen LogP contribution in [0.5, 0.6) is 0 Å². The molecule has 0 saturated carbocycles. The minimum Gasteiger partial charge on any atom is -0.341 e. The Balaban J connectivity index is 1.38. The van der Waals surface area contributed by atoms with E-state index in [4.69, 9.17) is 0 Å². The summed E-state index contributed by atoms with van der Waals surface area (Å²) in [5.74, 6) is 1.06. The van der Waals surface area contributed by atoms with Crippen LogP contribution in [0.25, 0.3) is 5.65 Å². The monoisotopic (exact) mass is 350 g/mol. The summed E-state index contributed by atoms with van der Waals surface area (Å²) < 4.78 is 2.00. The zero-order valence-corrected chi connectivity index (χ0v) is 14.7. The molecule has 7 nitrogen and oxygen atoms in total. The summed E-state index contributed by atoms with van der Waals surface area (Å²) in [5.41, 5.74) is 1.95. The van der Waals surface area contributed by atoms with Crippen LogP contribution in [-0.2, 0) is 11.2 Å². The molecular weight excluding hydrogens is 328 g/mol. The molecule has 0 spiro atoms. The molecule has 0 radical (unpaired) electrons. The van der Waals surface area contributed by atoms with Gasteiger partial charge in [0.1, 0.15) is 0 Å². The number of rotatable bonds is 4. The van der Waals surface area contributed by atoms with E-state index >= 15 is 0 Å². The zero-order valence-electron chi connectivity index (χ0n) is 14.7. The molecule has 0 aromatic carbocycles. The standard InChI is InChI=1S/C19H22N6O/c26-18(8-7-16-5-3-9-20-15-16)23-10-4-11-24(14-13-23)19-22-21-17-6-1-2-12-25(17)19/h1-3,5-6,9,12,15H,4,7-8,10-11,13-14H2. The van der Waals surface area contributed by atoms with Crippen molar-refractivity contribution in [1.29, 1.82) is 0 Å². The summed E-state index contributed by atoms with van der Waals surface area (Å²) in [6.07, 6.45) is 7.75. The first-order chi connectivity index (χ1) is 12.8. The van der Waals surface area contributed by atoms with Crippen LogP contribution in [0.1, 0.15) is 18.4 Å². The lowest BCUT2D eigenvalue weighted by molar-refractivity contribution is -0.130. The molecule has 0 N–H and O–H groups in total. The van der Waals surface area contributed by atoms with Crippen molar-refractivity contribution in [3.8, 4) is 0 Å². The van der Waals surface area contributed by atoms with Crippen LogP contribution < -0.4 is 4.90 Å². The number of fused-ring (bicyclic) bond motifs is 1. The average molecular weight is 350 g/mol. The van der Waals surface area contributed by atoms with E-state index in [1.165, 1.54) is 0 Å². The Kier molecular flexibility index (Phi) is 4.77. The van der Waals surface area contributed by atoms with Gasteiger partial charge in [0.05, 0.1) is 0 Å². The van der Waals surface area contributed by atoms with Crippen molar-refractivity contribution in [1.82, 2.24) is 24.5 Å². The molecule has 0 bridgehead atoms. The highest BCUT2D eigenvalue weighted by atomic mass is 16.2. The van der Waals surface area contributed by atoms with Crippen molar-refractivity contribution in [2.24, 2.45) is 0 Å². The normalized spacial score (nSPS) is 15.2. The largest absolute Gasteiger partial charge is 0.341 e. The van der Waals surface area contributed by atoms with Crippen molar-refractivity contribution in [3.05, 3.63) is 54.5 Å². The number of aryl methyl sites for hydroxylation is 1. The molecule has 134 valence electrons. The fourth-order valence-corrected chi connectivity index (χ4v) is 3.37. The van der Waals surface area contributed by atoms with E-state index < -0.39 is 0 Å². The van der Waals surface area contributed by atoms with E-state index in [0.717, 1.165) is 49.6 Å². The lowest BCUT2D eigenvalue weighted by Crippen LogP contribution is -2.35. The van der Waals surface area contributed by atoms with Crippen LogP contribution in [0.2, 0.25) is 0 Å². The lowest BCUT2D eigenvalue weighted by Gasteiger charge is -2.22. The Morgan fingerprint density at radius 2 is 2.00 bits per heavy atom. The lowest BCUT2D eigenvalue weighted by atomic mass is 10.1. The second-order valence-electron chi connectivity index (χ2n) is 6.51. The minimum absolute atomic E-state index is 0.210. The fourth-order valence-electron chi connectivity index (χ4n) is 3.37. The second-order valence-corrected chi connectivity index (χ2v) is 6.51. The van der Waals surface area contributed by atoms with E-state index in [0.29, 0.717) is 13.0 Å². The Morgan fingerprint density at radius 3 is 2.88 bits per heavy atom. The molecular formula is C19H22N6O. The van der Waals surface area contributed by atoms with Gasteiger partial charge in [-0.3, -0.25) is 14.2 Å². The molecule has 1 fully saturated rings. The number of carbonyl (C=O) groups excluding carboxylic acids is 1. The van der Waals surface area contributed by atoms with Crippen LogP contribution in [0.4, 0.5) is 5.95 Å². The van der Waals surface area contributed by atoms with Gasteiger partial charge in [0.25, 0.3) is 0 Å². The molecule has 1 aliphatic heterocycles. The molecule has 4 rings (SSSR count). The molecule has 0 atom stereocenters. The number of hydrogen-bond donors (Lipinski definition) is 0. The van der Waals surface area contributed by atoms with Gasteiger partial charge in [-0.05, 0) is 36.6 Å². The number of amides is 1. The van der Waals surface area contributed by atoms with Crippen molar-refractivity contribution in [2.75, 3.05) is 31.1 Å². The number of nitrogens with zero attached hydrogens (tertiary/aromatic N) is 6. The van der Waals surface area contributed by atoms with Gasteiger partial charge in [-0.15, -0.1) is 10.2 Å². The van der Waals surface area contributed by atoms with Crippen molar-refractivity contribution < 1.29 is 4.79 Å². The Bertz CT molecular complexity index is 878. The van der Waals surface area contributed by atoms with Crippen molar-refractivity contribution in [3.63, 3.8) is 0 Å². The number of anilines is 1. The van der Waals surface area contributed by atoms with Gasteiger partial charge in [-0.25, -0.2) is 0 Å². The quantitative estimate of drug-likeness (QED) is 0.718. The molecule has 4 heterocycles. The van der Waals surface area contributed by atoms with Crippen LogP contribution >= 0.6 is 0 Å². The summed E-state index contributed by atoms with van der Waals surface area (Å²) in [5, 5.41) is 8.56. The van der Waals surface area contributed by atoms with Gasteiger partial charge < -0.3 is 9.80 Å². The first-order valence-corrected chi connectivity index (χ1v) is 9.03.